The van der Waals surface area contributed by atoms with Crippen LogP contribution in [0.5, 0.6) is 11.5 Å². The van der Waals surface area contributed by atoms with E-state index >= 15 is 0 Å². The molecule has 0 aliphatic heterocycles. The van der Waals surface area contributed by atoms with Crippen LogP contribution in [0.25, 0.3) is 0 Å². The van der Waals surface area contributed by atoms with Crippen LogP contribution < -0.4 is 14.8 Å². The van der Waals surface area contributed by atoms with Crippen molar-refractivity contribution in [1.82, 2.24) is 4.90 Å². The first kappa shape index (κ1) is 22.1. The predicted molar refractivity (Wildman–Crippen MR) is 117 cm³/mol. The Bertz CT molecular complexity index is 761. The van der Waals surface area contributed by atoms with Gasteiger partial charge in [-0.05, 0) is 55.9 Å². The van der Waals surface area contributed by atoms with E-state index in [0.717, 1.165) is 30.2 Å². The summed E-state index contributed by atoms with van der Waals surface area (Å²) in [5, 5.41) is 2.75. The first-order valence-corrected chi connectivity index (χ1v) is 10.4. The van der Waals surface area contributed by atoms with Gasteiger partial charge >= 0.3 is 0 Å². The molecule has 152 valence electrons. The molecule has 5 nitrogen and oxygen atoms in total. The second-order valence-corrected chi connectivity index (χ2v) is 7.84. The van der Waals surface area contributed by atoms with Crippen molar-refractivity contribution >= 4 is 23.4 Å². The molecule has 0 bridgehead atoms. The number of methoxy groups -OCH3 is 2. The van der Waals surface area contributed by atoms with Gasteiger partial charge in [-0.15, -0.1) is 11.8 Å². The summed E-state index contributed by atoms with van der Waals surface area (Å²) in [6, 6.07) is 13.7. The first-order chi connectivity index (χ1) is 13.5. The SMILES string of the molecule is CCN(CC)Cc1ccc(NC(=O)C(C)Sc2ccc(OC)c(OC)c2)cc1. The molecule has 0 spiro atoms. The van der Waals surface area contributed by atoms with Crippen molar-refractivity contribution in [3.8, 4) is 11.5 Å². The van der Waals surface area contributed by atoms with Crippen molar-refractivity contribution in [3.05, 3.63) is 48.0 Å². The van der Waals surface area contributed by atoms with Gasteiger partial charge in [0.05, 0.1) is 19.5 Å². The van der Waals surface area contributed by atoms with Crippen molar-refractivity contribution in [2.75, 3.05) is 32.6 Å². The van der Waals surface area contributed by atoms with Crippen LogP contribution >= 0.6 is 11.8 Å². The molecule has 2 aromatic rings. The molecule has 6 heteroatoms. The van der Waals surface area contributed by atoms with E-state index in [2.05, 4.69) is 36.2 Å². The summed E-state index contributed by atoms with van der Waals surface area (Å²) in [5.74, 6) is 1.30. The molecule has 1 N–H and O–H groups in total. The summed E-state index contributed by atoms with van der Waals surface area (Å²) < 4.78 is 10.6. The summed E-state index contributed by atoms with van der Waals surface area (Å²) >= 11 is 1.48. The molecule has 2 rings (SSSR count). The Morgan fingerprint density at radius 2 is 1.68 bits per heavy atom. The number of hydrogen-bond donors (Lipinski definition) is 1. The molecule has 0 aliphatic carbocycles. The minimum Gasteiger partial charge on any atom is -0.493 e. The highest BCUT2D eigenvalue weighted by Crippen LogP contribution is 2.33. The monoisotopic (exact) mass is 402 g/mol. The van der Waals surface area contributed by atoms with Crippen molar-refractivity contribution < 1.29 is 14.3 Å². The standard InChI is InChI=1S/C22H30N2O3S/c1-6-24(7-2)15-17-8-10-18(11-9-17)23-22(25)16(3)28-19-12-13-20(26-4)21(14-19)27-5/h8-14,16H,6-7,15H2,1-5H3,(H,23,25). The Kier molecular flexibility index (Phi) is 8.67. The van der Waals surface area contributed by atoms with Gasteiger partial charge in [0.15, 0.2) is 11.5 Å². The van der Waals surface area contributed by atoms with Crippen molar-refractivity contribution in [3.63, 3.8) is 0 Å². The number of hydrogen-bond acceptors (Lipinski definition) is 5. The molecule has 0 aromatic heterocycles. The number of amides is 1. The van der Waals surface area contributed by atoms with Gasteiger partial charge in [-0.3, -0.25) is 9.69 Å². The molecule has 0 heterocycles. The number of nitrogens with one attached hydrogen (secondary N) is 1. The molecule has 1 unspecified atom stereocenters. The lowest BCUT2D eigenvalue weighted by Gasteiger charge is -2.18. The van der Waals surface area contributed by atoms with E-state index in [1.165, 1.54) is 17.3 Å². The average molecular weight is 403 g/mol. The Morgan fingerprint density at radius 3 is 2.25 bits per heavy atom. The summed E-state index contributed by atoms with van der Waals surface area (Å²) in [5.41, 5.74) is 2.06. The third-order valence-electron chi connectivity index (χ3n) is 4.56. The topological polar surface area (TPSA) is 50.8 Å². The van der Waals surface area contributed by atoms with Gasteiger partial charge in [0.1, 0.15) is 0 Å². The van der Waals surface area contributed by atoms with Gasteiger partial charge < -0.3 is 14.8 Å². The van der Waals surface area contributed by atoms with Crippen LogP contribution in [0, 0.1) is 0 Å². The van der Waals surface area contributed by atoms with E-state index in [9.17, 15) is 4.79 Å². The summed E-state index contributed by atoms with van der Waals surface area (Å²) in [4.78, 5) is 15.9. The zero-order chi connectivity index (χ0) is 20.5. The maximum Gasteiger partial charge on any atom is 0.237 e. The molecule has 0 fully saturated rings. The normalized spacial score (nSPS) is 11.9. The Labute approximate surface area is 172 Å². The van der Waals surface area contributed by atoms with E-state index in [1.807, 2.05) is 37.3 Å². The van der Waals surface area contributed by atoms with E-state index in [-0.39, 0.29) is 11.2 Å². The smallest absolute Gasteiger partial charge is 0.237 e. The third-order valence-corrected chi connectivity index (χ3v) is 5.65. The minimum atomic E-state index is -0.242. The van der Waals surface area contributed by atoms with E-state index in [4.69, 9.17) is 9.47 Å². The molecule has 0 saturated heterocycles. The van der Waals surface area contributed by atoms with Crippen LogP contribution in [-0.4, -0.2) is 43.4 Å². The van der Waals surface area contributed by atoms with Gasteiger partial charge in [-0.2, -0.15) is 0 Å². The highest BCUT2D eigenvalue weighted by Gasteiger charge is 2.16. The molecule has 2 aromatic carbocycles. The number of carbonyl (C=O) groups excluding carboxylic acids is 1. The van der Waals surface area contributed by atoms with Crippen LogP contribution in [0.1, 0.15) is 26.3 Å². The fraction of sp³-hybridized carbons (Fsp3) is 0.409. The molecule has 0 radical (unpaired) electrons. The van der Waals surface area contributed by atoms with Gasteiger partial charge in [0, 0.05) is 17.1 Å². The van der Waals surface area contributed by atoms with Crippen LogP contribution in [0.15, 0.2) is 47.4 Å². The summed E-state index contributed by atoms with van der Waals surface area (Å²) in [6.45, 7) is 9.20. The van der Waals surface area contributed by atoms with Gasteiger partial charge in [0.2, 0.25) is 5.91 Å². The lowest BCUT2D eigenvalue weighted by Crippen LogP contribution is -2.23. The molecule has 1 atom stereocenters. The van der Waals surface area contributed by atoms with E-state index in [1.54, 1.807) is 14.2 Å². The lowest BCUT2D eigenvalue weighted by molar-refractivity contribution is -0.115. The average Bonchev–Trinajstić information content (AvgIpc) is 2.72. The minimum absolute atomic E-state index is 0.0312. The summed E-state index contributed by atoms with van der Waals surface area (Å²) in [6.07, 6.45) is 0. The highest BCUT2D eigenvalue weighted by atomic mass is 32.2. The van der Waals surface area contributed by atoms with Gasteiger partial charge in [-0.1, -0.05) is 26.0 Å². The maximum absolute atomic E-state index is 12.6. The number of rotatable bonds is 10. The maximum atomic E-state index is 12.6. The van der Waals surface area contributed by atoms with Crippen molar-refractivity contribution in [1.29, 1.82) is 0 Å². The number of anilines is 1. The van der Waals surface area contributed by atoms with Crippen LogP contribution in [-0.2, 0) is 11.3 Å². The number of benzene rings is 2. The highest BCUT2D eigenvalue weighted by molar-refractivity contribution is 8.00. The lowest BCUT2D eigenvalue weighted by atomic mass is 10.2. The van der Waals surface area contributed by atoms with Crippen LogP contribution in [0.2, 0.25) is 0 Å². The first-order valence-electron chi connectivity index (χ1n) is 9.51. The van der Waals surface area contributed by atoms with E-state index < -0.39 is 0 Å². The second-order valence-electron chi connectivity index (χ2n) is 6.42. The zero-order valence-corrected chi connectivity index (χ0v) is 18.1. The number of nitrogens with zero attached hydrogens (tertiary/aromatic N) is 1. The molecule has 0 saturated carbocycles. The fourth-order valence-corrected chi connectivity index (χ4v) is 3.69. The number of thioether (sulfide) groups is 1. The fourth-order valence-electron chi connectivity index (χ4n) is 2.79. The largest absolute Gasteiger partial charge is 0.493 e. The molecular formula is C22H30N2O3S. The Balaban J connectivity index is 1.95. The Morgan fingerprint density at radius 1 is 1.04 bits per heavy atom. The van der Waals surface area contributed by atoms with E-state index in [0.29, 0.717) is 11.5 Å². The van der Waals surface area contributed by atoms with Crippen molar-refractivity contribution in [2.24, 2.45) is 0 Å². The quantitative estimate of drug-likeness (QED) is 0.586. The van der Waals surface area contributed by atoms with Crippen molar-refractivity contribution in [2.45, 2.75) is 37.5 Å². The number of ether oxygens (including phenoxy) is 2. The molecule has 1 amide bonds. The molecular weight excluding hydrogens is 372 g/mol. The Hall–Kier alpha value is -2.18. The number of carbonyl (C=O) groups is 1. The summed E-state index contributed by atoms with van der Waals surface area (Å²) in [7, 11) is 3.21. The van der Waals surface area contributed by atoms with Gasteiger partial charge in [-0.25, -0.2) is 0 Å². The molecule has 0 aliphatic rings. The second kappa shape index (κ2) is 11.0. The van der Waals surface area contributed by atoms with Crippen LogP contribution in [0.4, 0.5) is 5.69 Å². The van der Waals surface area contributed by atoms with Gasteiger partial charge in [0.25, 0.3) is 0 Å². The zero-order valence-electron chi connectivity index (χ0n) is 17.3. The van der Waals surface area contributed by atoms with Crippen LogP contribution in [0.3, 0.4) is 0 Å². The predicted octanol–water partition coefficient (Wildman–Crippen LogP) is 4.66. The molecule has 28 heavy (non-hydrogen) atoms. The third kappa shape index (κ3) is 6.17.